The quantitative estimate of drug-likeness (QED) is 0.287. The summed E-state index contributed by atoms with van der Waals surface area (Å²) in [7, 11) is -4.04. The molecular formula is C27H22ClFN2O4S. The van der Waals surface area contributed by atoms with E-state index < -0.39 is 28.3 Å². The summed E-state index contributed by atoms with van der Waals surface area (Å²) in [6.45, 7) is -0.625. The van der Waals surface area contributed by atoms with Crippen molar-refractivity contribution in [3.05, 3.63) is 120 Å². The molecule has 0 radical (unpaired) electrons. The normalized spacial score (nSPS) is 11.3. The minimum Gasteiger partial charge on any atom is -0.455 e. The highest BCUT2D eigenvalue weighted by molar-refractivity contribution is 7.89. The van der Waals surface area contributed by atoms with E-state index in [9.17, 15) is 17.6 Å². The van der Waals surface area contributed by atoms with Crippen LogP contribution < -0.4 is 10.1 Å². The van der Waals surface area contributed by atoms with Gasteiger partial charge in [-0.2, -0.15) is 4.31 Å². The Balaban J connectivity index is 1.59. The first-order chi connectivity index (χ1) is 17.3. The number of hydrogen-bond donors (Lipinski definition) is 1. The van der Waals surface area contributed by atoms with Gasteiger partial charge in [-0.1, -0.05) is 60.1 Å². The zero-order valence-electron chi connectivity index (χ0n) is 19.0. The number of hydrogen-bond acceptors (Lipinski definition) is 4. The van der Waals surface area contributed by atoms with Crippen molar-refractivity contribution in [1.82, 2.24) is 4.31 Å². The van der Waals surface area contributed by atoms with Gasteiger partial charge in [0.2, 0.25) is 15.9 Å². The second kappa shape index (κ2) is 11.3. The third-order valence-corrected chi connectivity index (χ3v) is 7.20. The summed E-state index contributed by atoms with van der Waals surface area (Å²) in [5, 5.41) is 3.07. The smallest absolute Gasteiger partial charge is 0.243 e. The molecule has 0 bridgehead atoms. The van der Waals surface area contributed by atoms with E-state index in [1.54, 1.807) is 42.5 Å². The van der Waals surface area contributed by atoms with Crippen LogP contribution in [0.3, 0.4) is 0 Å². The standard InChI is InChI=1S/C27H22ClFN2O4S/c28-21-13-16-26(35-23-7-3-1-4-8-23)25(17-21)30-27(32)19-31(18-20-11-14-22(29)15-12-20)36(33,34)24-9-5-2-6-10-24/h1-17H,18-19H2,(H,30,32). The number of rotatable bonds is 9. The van der Waals surface area contributed by atoms with E-state index >= 15 is 0 Å². The van der Waals surface area contributed by atoms with E-state index in [1.807, 2.05) is 18.2 Å². The molecule has 0 spiro atoms. The SMILES string of the molecule is O=C(CN(Cc1ccc(F)cc1)S(=O)(=O)c1ccccc1)Nc1cc(Cl)ccc1Oc1ccccc1. The molecule has 0 heterocycles. The molecule has 0 saturated heterocycles. The molecule has 4 aromatic carbocycles. The first-order valence-corrected chi connectivity index (χ1v) is 12.7. The maximum atomic E-state index is 13.4. The molecule has 9 heteroatoms. The lowest BCUT2D eigenvalue weighted by Crippen LogP contribution is -2.37. The maximum Gasteiger partial charge on any atom is 0.243 e. The average Bonchev–Trinajstić information content (AvgIpc) is 2.87. The van der Waals surface area contributed by atoms with E-state index in [1.165, 1.54) is 42.5 Å². The molecule has 0 fully saturated rings. The fourth-order valence-electron chi connectivity index (χ4n) is 3.42. The summed E-state index contributed by atoms with van der Waals surface area (Å²) in [6.07, 6.45) is 0. The Labute approximate surface area is 214 Å². The number of carbonyl (C=O) groups excluding carboxylic acids is 1. The predicted octanol–water partition coefficient (Wildman–Crippen LogP) is 6.10. The van der Waals surface area contributed by atoms with Gasteiger partial charge >= 0.3 is 0 Å². The lowest BCUT2D eigenvalue weighted by atomic mass is 10.2. The summed E-state index contributed by atoms with van der Waals surface area (Å²) in [6, 6.07) is 27.0. The third kappa shape index (κ3) is 6.48. The van der Waals surface area contributed by atoms with Crippen LogP contribution in [0.5, 0.6) is 11.5 Å². The van der Waals surface area contributed by atoms with E-state index in [0.29, 0.717) is 22.1 Å². The number of halogens is 2. The number of anilines is 1. The molecule has 0 aliphatic carbocycles. The summed E-state index contributed by atoms with van der Waals surface area (Å²) < 4.78 is 47.1. The molecule has 184 valence electrons. The van der Waals surface area contributed by atoms with Gasteiger partial charge in [0.1, 0.15) is 11.6 Å². The van der Waals surface area contributed by atoms with Gasteiger partial charge < -0.3 is 10.1 Å². The fraction of sp³-hybridized carbons (Fsp3) is 0.0741. The van der Waals surface area contributed by atoms with Gasteiger partial charge in [0.15, 0.2) is 5.75 Å². The van der Waals surface area contributed by atoms with Crippen LogP contribution >= 0.6 is 11.6 Å². The topological polar surface area (TPSA) is 75.7 Å². The highest BCUT2D eigenvalue weighted by Crippen LogP contribution is 2.32. The number of amides is 1. The number of benzene rings is 4. The zero-order chi connectivity index (χ0) is 25.5. The molecule has 36 heavy (non-hydrogen) atoms. The van der Waals surface area contributed by atoms with Crippen LogP contribution in [-0.4, -0.2) is 25.2 Å². The Bertz CT molecular complexity index is 1430. The van der Waals surface area contributed by atoms with E-state index in [4.69, 9.17) is 16.3 Å². The molecule has 1 amide bonds. The van der Waals surface area contributed by atoms with Crippen molar-refractivity contribution >= 4 is 33.2 Å². The summed E-state index contributed by atoms with van der Waals surface area (Å²) >= 11 is 6.14. The average molecular weight is 525 g/mol. The number of carbonyl (C=O) groups is 1. The van der Waals surface area contributed by atoms with Crippen molar-refractivity contribution in [3.63, 3.8) is 0 Å². The Morgan fingerprint density at radius 2 is 1.53 bits per heavy atom. The van der Waals surface area contributed by atoms with Crippen LogP contribution in [-0.2, 0) is 21.4 Å². The molecule has 1 N–H and O–H groups in total. The molecule has 0 unspecified atom stereocenters. The van der Waals surface area contributed by atoms with Crippen molar-refractivity contribution < 1.29 is 22.3 Å². The van der Waals surface area contributed by atoms with Crippen molar-refractivity contribution in [3.8, 4) is 11.5 Å². The Kier molecular flexibility index (Phi) is 8.00. The van der Waals surface area contributed by atoms with Crippen LogP contribution in [0.25, 0.3) is 0 Å². The molecule has 0 aliphatic heterocycles. The molecule has 0 saturated carbocycles. The third-order valence-electron chi connectivity index (χ3n) is 5.16. The summed E-state index contributed by atoms with van der Waals surface area (Å²) in [5.41, 5.74) is 0.815. The number of ether oxygens (including phenoxy) is 1. The molecule has 0 aromatic heterocycles. The van der Waals surface area contributed by atoms with Crippen molar-refractivity contribution in [2.75, 3.05) is 11.9 Å². The van der Waals surface area contributed by atoms with E-state index in [2.05, 4.69) is 5.32 Å². The van der Waals surface area contributed by atoms with Crippen LogP contribution in [0.1, 0.15) is 5.56 Å². The van der Waals surface area contributed by atoms with Crippen molar-refractivity contribution in [2.45, 2.75) is 11.4 Å². The first-order valence-electron chi connectivity index (χ1n) is 10.9. The van der Waals surface area contributed by atoms with Crippen LogP contribution in [0, 0.1) is 5.82 Å². The van der Waals surface area contributed by atoms with Gasteiger partial charge in [0.25, 0.3) is 0 Å². The number of para-hydroxylation sites is 1. The molecule has 6 nitrogen and oxygen atoms in total. The maximum absolute atomic E-state index is 13.4. The van der Waals surface area contributed by atoms with Crippen LogP contribution in [0.15, 0.2) is 108 Å². The largest absolute Gasteiger partial charge is 0.455 e. The van der Waals surface area contributed by atoms with Gasteiger partial charge in [0, 0.05) is 11.6 Å². The molecule has 0 aliphatic rings. The van der Waals surface area contributed by atoms with Crippen LogP contribution in [0.4, 0.5) is 10.1 Å². The summed E-state index contributed by atoms with van der Waals surface area (Å²) in [4.78, 5) is 13.1. The monoisotopic (exact) mass is 524 g/mol. The van der Waals surface area contributed by atoms with Crippen molar-refractivity contribution in [1.29, 1.82) is 0 Å². The minimum absolute atomic E-state index is 0.0377. The van der Waals surface area contributed by atoms with Gasteiger partial charge in [-0.25, -0.2) is 12.8 Å². The lowest BCUT2D eigenvalue weighted by Gasteiger charge is -2.22. The van der Waals surface area contributed by atoms with E-state index in [0.717, 1.165) is 4.31 Å². The zero-order valence-corrected chi connectivity index (χ0v) is 20.5. The molecule has 4 aromatic rings. The fourth-order valence-corrected chi connectivity index (χ4v) is 4.99. The van der Waals surface area contributed by atoms with Gasteiger partial charge in [-0.15, -0.1) is 0 Å². The predicted molar refractivity (Wildman–Crippen MR) is 137 cm³/mol. The van der Waals surface area contributed by atoms with Gasteiger partial charge in [-0.3, -0.25) is 4.79 Å². The van der Waals surface area contributed by atoms with Crippen molar-refractivity contribution in [2.24, 2.45) is 0 Å². The highest BCUT2D eigenvalue weighted by atomic mass is 35.5. The Morgan fingerprint density at radius 1 is 0.889 bits per heavy atom. The molecule has 4 rings (SSSR count). The second-order valence-electron chi connectivity index (χ2n) is 7.82. The molecule has 0 atom stereocenters. The first kappa shape index (κ1) is 25.4. The number of nitrogens with zero attached hydrogens (tertiary/aromatic N) is 1. The second-order valence-corrected chi connectivity index (χ2v) is 10.2. The lowest BCUT2D eigenvalue weighted by molar-refractivity contribution is -0.116. The van der Waals surface area contributed by atoms with Gasteiger partial charge in [0.05, 0.1) is 17.1 Å². The Hall–Kier alpha value is -3.72. The number of nitrogens with one attached hydrogen (secondary N) is 1. The van der Waals surface area contributed by atoms with E-state index in [-0.39, 0.29) is 17.1 Å². The highest BCUT2D eigenvalue weighted by Gasteiger charge is 2.27. The molecular weight excluding hydrogens is 503 g/mol. The van der Waals surface area contributed by atoms with Gasteiger partial charge in [-0.05, 0) is 60.2 Å². The Morgan fingerprint density at radius 3 is 2.19 bits per heavy atom. The summed E-state index contributed by atoms with van der Waals surface area (Å²) in [5.74, 6) is -0.146. The van der Waals surface area contributed by atoms with Crippen LogP contribution in [0.2, 0.25) is 5.02 Å². The number of sulfonamides is 1. The minimum atomic E-state index is -4.04.